The summed E-state index contributed by atoms with van der Waals surface area (Å²) in [7, 11) is 0. The molecule has 0 amide bonds. The van der Waals surface area contributed by atoms with Gasteiger partial charge in [-0.2, -0.15) is 0 Å². The van der Waals surface area contributed by atoms with Crippen LogP contribution >= 0.6 is 31.9 Å². The van der Waals surface area contributed by atoms with E-state index in [4.69, 9.17) is 14.2 Å². The highest BCUT2D eigenvalue weighted by molar-refractivity contribution is 9.26. The number of carbonyl (C=O) groups excluding carboxylic acids is 2. The quantitative estimate of drug-likeness (QED) is 0.240. The molecule has 0 N–H and O–H groups in total. The third-order valence-corrected chi connectivity index (χ3v) is 13.7. The summed E-state index contributed by atoms with van der Waals surface area (Å²) in [4.78, 5) is 26.3. The molecule has 5 nitrogen and oxygen atoms in total. The Bertz CT molecular complexity index is 944. The van der Waals surface area contributed by atoms with Gasteiger partial charge in [-0.25, -0.2) is 0 Å². The number of hydrogen-bond donors (Lipinski definition) is 0. The number of fused-ring (bicyclic) bond motifs is 7. The highest BCUT2D eigenvalue weighted by Crippen LogP contribution is 2.74. The molecular formula is C29H42Br2O5. The van der Waals surface area contributed by atoms with Crippen molar-refractivity contribution in [3.63, 3.8) is 0 Å². The number of hydrogen-bond acceptors (Lipinski definition) is 5. The molecule has 0 bridgehead atoms. The summed E-state index contributed by atoms with van der Waals surface area (Å²) in [6.07, 6.45) is 8.16. The molecule has 4 saturated carbocycles. The molecule has 36 heavy (non-hydrogen) atoms. The minimum Gasteiger partial charge on any atom is -0.463 e. The van der Waals surface area contributed by atoms with Gasteiger partial charge in [-0.05, 0) is 80.0 Å². The van der Waals surface area contributed by atoms with Gasteiger partial charge in [0.05, 0.1) is 12.7 Å². The summed E-state index contributed by atoms with van der Waals surface area (Å²) in [5, 5.41) is 0. The summed E-state index contributed by atoms with van der Waals surface area (Å²) in [5.74, 6) is 2.03. The second-order valence-electron chi connectivity index (χ2n) is 13.7. The summed E-state index contributed by atoms with van der Waals surface area (Å²) in [6.45, 7) is 11.5. The molecule has 202 valence electrons. The van der Waals surface area contributed by atoms with E-state index in [0.29, 0.717) is 29.5 Å². The number of ketones is 1. The van der Waals surface area contributed by atoms with E-state index in [2.05, 4.69) is 59.6 Å². The first-order valence-electron chi connectivity index (χ1n) is 14.3. The van der Waals surface area contributed by atoms with Gasteiger partial charge >= 0.3 is 5.97 Å². The van der Waals surface area contributed by atoms with Crippen molar-refractivity contribution in [1.29, 1.82) is 0 Å². The van der Waals surface area contributed by atoms with E-state index in [-0.39, 0.29) is 41.3 Å². The van der Waals surface area contributed by atoms with Crippen LogP contribution in [0.2, 0.25) is 0 Å². The maximum absolute atomic E-state index is 14.7. The number of Topliss-reactive ketones (excluding diaryl/α,β-unsaturated/α-hetero) is 1. The molecule has 0 radical (unpaired) electrons. The summed E-state index contributed by atoms with van der Waals surface area (Å²) in [6, 6.07) is 0. The van der Waals surface area contributed by atoms with Gasteiger partial charge in [-0.1, -0.05) is 59.6 Å². The second kappa shape index (κ2) is 8.51. The molecule has 12 atom stereocenters. The van der Waals surface area contributed by atoms with Gasteiger partial charge in [0.25, 0.3) is 0 Å². The van der Waals surface area contributed by atoms with E-state index in [9.17, 15) is 9.59 Å². The normalized spacial score (nSPS) is 55.4. The molecule has 4 aliphatic carbocycles. The van der Waals surface area contributed by atoms with Crippen molar-refractivity contribution in [1.82, 2.24) is 0 Å². The molecule has 0 aromatic rings. The molecule has 2 aliphatic heterocycles. The fourth-order valence-corrected chi connectivity index (χ4v) is 13.0. The van der Waals surface area contributed by atoms with Crippen molar-refractivity contribution in [2.24, 2.45) is 52.3 Å². The van der Waals surface area contributed by atoms with Gasteiger partial charge < -0.3 is 14.2 Å². The molecule has 1 spiro atoms. The number of carbonyl (C=O) groups is 2. The third kappa shape index (κ3) is 3.43. The number of halogens is 2. The molecular weight excluding hydrogens is 588 g/mol. The third-order valence-electron chi connectivity index (χ3n) is 12.0. The Morgan fingerprint density at radius 1 is 1.06 bits per heavy atom. The van der Waals surface area contributed by atoms with E-state index < -0.39 is 14.4 Å². The molecule has 6 rings (SSSR count). The van der Waals surface area contributed by atoms with Gasteiger partial charge in [0.2, 0.25) is 0 Å². The summed E-state index contributed by atoms with van der Waals surface area (Å²) < 4.78 is 18.2. The van der Waals surface area contributed by atoms with E-state index in [1.54, 1.807) is 0 Å². The first-order chi connectivity index (χ1) is 16.8. The van der Waals surface area contributed by atoms with E-state index in [1.807, 2.05) is 0 Å². The summed E-state index contributed by atoms with van der Waals surface area (Å²) >= 11 is 8.09. The van der Waals surface area contributed by atoms with Crippen molar-refractivity contribution >= 4 is 43.6 Å². The molecule has 2 heterocycles. The first kappa shape index (κ1) is 26.3. The Labute approximate surface area is 232 Å². The van der Waals surface area contributed by atoms with Crippen molar-refractivity contribution in [2.45, 2.75) is 107 Å². The highest BCUT2D eigenvalue weighted by atomic mass is 79.9. The van der Waals surface area contributed by atoms with Crippen molar-refractivity contribution in [3.05, 3.63) is 0 Å². The Morgan fingerprint density at radius 2 is 1.81 bits per heavy atom. The van der Waals surface area contributed by atoms with Gasteiger partial charge in [-0.3, -0.25) is 9.59 Å². The van der Waals surface area contributed by atoms with Crippen LogP contribution in [0.4, 0.5) is 0 Å². The Hall–Kier alpha value is 0.0200. The van der Waals surface area contributed by atoms with Gasteiger partial charge in [0.15, 0.2) is 11.6 Å². The monoisotopic (exact) mass is 628 g/mol. The number of ether oxygens (including phenoxy) is 3. The van der Waals surface area contributed by atoms with Crippen LogP contribution in [0, 0.1) is 52.3 Å². The Morgan fingerprint density at radius 3 is 2.47 bits per heavy atom. The molecule has 0 aromatic carbocycles. The lowest BCUT2D eigenvalue weighted by Crippen LogP contribution is -2.66. The minimum atomic E-state index is -0.746. The van der Waals surface area contributed by atoms with E-state index in [0.717, 1.165) is 58.0 Å². The molecule has 6 fully saturated rings. The predicted octanol–water partition coefficient (Wildman–Crippen LogP) is 6.64. The van der Waals surface area contributed by atoms with Crippen LogP contribution in [0.25, 0.3) is 0 Å². The topological polar surface area (TPSA) is 61.8 Å². The number of esters is 1. The lowest BCUT2D eigenvalue weighted by molar-refractivity contribution is -0.272. The first-order valence-corrected chi connectivity index (χ1v) is 15.8. The van der Waals surface area contributed by atoms with E-state index >= 15 is 0 Å². The van der Waals surface area contributed by atoms with Gasteiger partial charge in [0, 0.05) is 30.6 Å². The fraction of sp³-hybridized carbons (Fsp3) is 0.931. The SMILES string of the molecule is CC(=O)O[C@@H]1CC[C@@]2(C)[C@@H](CC[C@H]3[C@@H]2C(Br)(Br)C(=O)[C@@]2(C)[C@@H]4[C@H](C[C@@H]32)O[C@]2(CC[C@H](C)CO2)[C@H]4C)C1. The van der Waals surface area contributed by atoms with Crippen molar-refractivity contribution in [3.8, 4) is 0 Å². The molecule has 0 unspecified atom stereocenters. The van der Waals surface area contributed by atoms with Crippen LogP contribution in [0.1, 0.15) is 86.0 Å². The molecule has 6 aliphatic rings. The standard InChI is InChI=1S/C29H42Br2O5/c1-15-8-11-28(34-14-15)16(2)23-22(36-28)13-21-20-7-6-18-12-19(35-17(3)32)9-10-26(18,4)24(20)29(30,31)25(33)27(21,23)5/h15-16,18-24H,6-14H2,1-5H3/t15-,16-,18-,19+,20+,21-,22-,23-,24-,26-,27+,28+/m0/s1. The van der Waals surface area contributed by atoms with Crippen LogP contribution in [0.15, 0.2) is 0 Å². The Balaban J connectivity index is 1.32. The highest BCUT2D eigenvalue weighted by Gasteiger charge is 2.76. The smallest absolute Gasteiger partial charge is 0.302 e. The van der Waals surface area contributed by atoms with Gasteiger partial charge in [0.1, 0.15) is 9.34 Å². The van der Waals surface area contributed by atoms with Crippen LogP contribution < -0.4 is 0 Å². The molecule has 2 saturated heterocycles. The van der Waals surface area contributed by atoms with Crippen LogP contribution in [-0.2, 0) is 23.8 Å². The average Bonchev–Trinajstić information content (AvgIpc) is 3.25. The molecule has 0 aromatic heterocycles. The minimum absolute atomic E-state index is 0.0104. The van der Waals surface area contributed by atoms with Crippen LogP contribution in [0.3, 0.4) is 0 Å². The average molecular weight is 630 g/mol. The van der Waals surface area contributed by atoms with Crippen molar-refractivity contribution < 1.29 is 23.8 Å². The zero-order chi connectivity index (χ0) is 25.8. The lowest BCUT2D eigenvalue weighted by Gasteiger charge is -2.64. The van der Waals surface area contributed by atoms with Gasteiger partial charge in [-0.15, -0.1) is 0 Å². The molecule has 7 heteroatoms. The van der Waals surface area contributed by atoms with Crippen LogP contribution in [-0.4, -0.2) is 39.6 Å². The maximum Gasteiger partial charge on any atom is 0.302 e. The number of rotatable bonds is 1. The maximum atomic E-state index is 14.7. The van der Waals surface area contributed by atoms with Crippen molar-refractivity contribution in [2.75, 3.05) is 6.61 Å². The lowest BCUT2D eigenvalue weighted by atomic mass is 9.44. The second-order valence-corrected chi connectivity index (χ2v) is 17.3. The fourth-order valence-electron chi connectivity index (χ4n) is 10.4. The van der Waals surface area contributed by atoms with Crippen LogP contribution in [0.5, 0.6) is 0 Å². The predicted molar refractivity (Wildman–Crippen MR) is 144 cm³/mol. The summed E-state index contributed by atoms with van der Waals surface area (Å²) in [5.41, 5.74) is -0.413. The zero-order valence-electron chi connectivity index (χ0n) is 22.4. The number of alkyl halides is 2. The largest absolute Gasteiger partial charge is 0.463 e. The Kier molecular flexibility index (Phi) is 6.20. The zero-order valence-corrected chi connectivity index (χ0v) is 25.5. The van der Waals surface area contributed by atoms with E-state index in [1.165, 1.54) is 6.92 Å².